The number of rotatable bonds is 4. The van der Waals surface area contributed by atoms with Gasteiger partial charge in [-0.05, 0) is 68.1 Å². The molecule has 8 atom stereocenters. The van der Waals surface area contributed by atoms with Crippen LogP contribution < -0.4 is 0 Å². The van der Waals surface area contributed by atoms with E-state index in [-0.39, 0.29) is 28.8 Å². The minimum atomic E-state index is -0.519. The molecule has 1 aliphatic heterocycles. The first-order chi connectivity index (χ1) is 12.9. The lowest BCUT2D eigenvalue weighted by Gasteiger charge is -2.58. The Hall–Kier alpha value is -0.710. The normalized spacial score (nSPS) is 52.9. The maximum atomic E-state index is 13.1. The predicted molar refractivity (Wildman–Crippen MR) is 102 cm³/mol. The number of epoxide rings is 1. The Labute approximate surface area is 162 Å². The number of fused-ring (bicyclic) bond motifs is 7. The van der Waals surface area contributed by atoms with E-state index in [4.69, 9.17) is 9.47 Å². The zero-order chi connectivity index (χ0) is 19.0. The van der Waals surface area contributed by atoms with Crippen molar-refractivity contribution in [2.24, 2.45) is 28.6 Å². The molecule has 0 aromatic carbocycles. The van der Waals surface area contributed by atoms with Gasteiger partial charge in [0.1, 0.15) is 0 Å². The first-order valence-corrected chi connectivity index (χ1v) is 10.9. The zero-order valence-electron chi connectivity index (χ0n) is 17.0. The molecular weight excluding hydrogens is 340 g/mol. The van der Waals surface area contributed by atoms with Gasteiger partial charge < -0.3 is 14.6 Å². The number of hydrogen-bond donors (Lipinski definition) is 1. The summed E-state index contributed by atoms with van der Waals surface area (Å²) in [7, 11) is 1.66. The van der Waals surface area contributed by atoms with Crippen molar-refractivity contribution in [3.05, 3.63) is 11.6 Å². The summed E-state index contributed by atoms with van der Waals surface area (Å²) in [6.45, 7) is 5.30. The summed E-state index contributed by atoms with van der Waals surface area (Å²) in [5.74, 6) is 2.22. The van der Waals surface area contributed by atoms with E-state index in [1.54, 1.807) is 7.11 Å². The van der Waals surface area contributed by atoms with Crippen LogP contribution in [-0.2, 0) is 14.3 Å². The smallest absolute Gasteiger partial charge is 0.170 e. The topological polar surface area (TPSA) is 59.1 Å². The Morgan fingerprint density at radius 2 is 2.11 bits per heavy atom. The van der Waals surface area contributed by atoms with Crippen molar-refractivity contribution >= 4 is 5.78 Å². The van der Waals surface area contributed by atoms with Crippen LogP contribution in [0.5, 0.6) is 0 Å². The number of aliphatic hydroxyl groups is 1. The van der Waals surface area contributed by atoms with Crippen molar-refractivity contribution in [2.45, 2.75) is 83.0 Å². The van der Waals surface area contributed by atoms with Crippen molar-refractivity contribution in [3.8, 4) is 0 Å². The first-order valence-electron chi connectivity index (χ1n) is 10.9. The van der Waals surface area contributed by atoms with Gasteiger partial charge in [0.25, 0.3) is 0 Å². The average Bonchev–Trinajstić information content (AvgIpc) is 3.32. The molecule has 5 rings (SSSR count). The molecule has 4 fully saturated rings. The number of aliphatic hydroxyl groups excluding tert-OH is 1. The number of allylic oxidation sites excluding steroid dienone is 1. The highest BCUT2D eigenvalue weighted by Crippen LogP contribution is 2.73. The van der Waals surface area contributed by atoms with E-state index in [1.165, 1.54) is 12.0 Å². The van der Waals surface area contributed by atoms with Crippen molar-refractivity contribution in [3.63, 3.8) is 0 Å². The van der Waals surface area contributed by atoms with Crippen LogP contribution in [0, 0.1) is 28.6 Å². The number of methoxy groups -OCH3 is 1. The number of ether oxygens (including phenoxy) is 2. The fourth-order valence-corrected chi connectivity index (χ4v) is 7.94. The number of Topliss-reactive ketones (excluding diaryl/α,β-unsaturated/α-hetero) is 1. The lowest BCUT2D eigenvalue weighted by atomic mass is 9.47. The highest BCUT2D eigenvalue weighted by molar-refractivity contribution is 5.92. The Kier molecular flexibility index (Phi) is 4.00. The molecule has 4 nitrogen and oxygen atoms in total. The summed E-state index contributed by atoms with van der Waals surface area (Å²) in [5, 5.41) is 10.2. The quantitative estimate of drug-likeness (QED) is 0.603. The lowest BCUT2D eigenvalue weighted by Crippen LogP contribution is -2.54. The maximum Gasteiger partial charge on any atom is 0.170 e. The number of carbonyl (C=O) groups is 1. The molecule has 150 valence electrons. The molecular formula is C23H34O4. The van der Waals surface area contributed by atoms with Gasteiger partial charge in [0.05, 0.1) is 18.8 Å². The Morgan fingerprint density at radius 3 is 2.89 bits per heavy atom. The largest absolute Gasteiger partial charge is 0.393 e. The van der Waals surface area contributed by atoms with Gasteiger partial charge in [-0.15, -0.1) is 0 Å². The second-order valence-corrected chi connectivity index (χ2v) is 10.4. The third-order valence-electron chi connectivity index (χ3n) is 9.46. The van der Waals surface area contributed by atoms with Gasteiger partial charge in [-0.3, -0.25) is 4.79 Å². The molecule has 0 amide bonds. The second kappa shape index (κ2) is 5.90. The summed E-state index contributed by atoms with van der Waals surface area (Å²) < 4.78 is 11.3. The molecule has 0 radical (unpaired) electrons. The van der Waals surface area contributed by atoms with Crippen LogP contribution in [0.15, 0.2) is 11.6 Å². The third kappa shape index (κ3) is 2.24. The highest BCUT2D eigenvalue weighted by atomic mass is 16.6. The molecule has 27 heavy (non-hydrogen) atoms. The molecule has 0 aromatic heterocycles. The van der Waals surface area contributed by atoms with E-state index in [2.05, 4.69) is 19.9 Å². The molecule has 1 saturated heterocycles. The molecule has 0 spiro atoms. The molecule has 4 heteroatoms. The molecule has 4 aliphatic carbocycles. The van der Waals surface area contributed by atoms with E-state index in [0.717, 1.165) is 38.5 Å². The van der Waals surface area contributed by atoms with Gasteiger partial charge in [-0.2, -0.15) is 0 Å². The van der Waals surface area contributed by atoms with E-state index in [9.17, 15) is 9.90 Å². The molecule has 0 unspecified atom stereocenters. The number of ketones is 1. The van der Waals surface area contributed by atoms with E-state index in [0.29, 0.717) is 30.8 Å². The summed E-state index contributed by atoms with van der Waals surface area (Å²) in [4.78, 5) is 13.1. The molecule has 3 saturated carbocycles. The van der Waals surface area contributed by atoms with Crippen molar-refractivity contribution in [1.29, 1.82) is 0 Å². The van der Waals surface area contributed by atoms with Crippen LogP contribution in [-0.4, -0.2) is 42.4 Å². The standard InChI is InChI=1S/C23H34O4/c1-21-9-6-15(24)12-14(21)4-5-16-17(21)7-10-22(2)18(16)13-20-23(22,27-20)19(25)8-11-26-3/h4,15-18,20,24H,5-13H2,1-3H3/t15-,16+,17-,18+,20+,21+,22+,23+/m0/s1. The van der Waals surface area contributed by atoms with Gasteiger partial charge in [0, 0.05) is 18.9 Å². The second-order valence-electron chi connectivity index (χ2n) is 10.4. The summed E-state index contributed by atoms with van der Waals surface area (Å²) in [6, 6.07) is 0. The van der Waals surface area contributed by atoms with Crippen LogP contribution in [0.25, 0.3) is 0 Å². The van der Waals surface area contributed by atoms with Gasteiger partial charge >= 0.3 is 0 Å². The molecule has 0 aromatic rings. The van der Waals surface area contributed by atoms with Crippen molar-refractivity contribution < 1.29 is 19.4 Å². The first kappa shape index (κ1) is 18.3. The number of hydrogen-bond acceptors (Lipinski definition) is 4. The van der Waals surface area contributed by atoms with E-state index >= 15 is 0 Å². The Morgan fingerprint density at radius 1 is 1.30 bits per heavy atom. The molecule has 0 bridgehead atoms. The summed E-state index contributed by atoms with van der Waals surface area (Å²) in [6.07, 6.45) is 10.3. The minimum Gasteiger partial charge on any atom is -0.393 e. The maximum absolute atomic E-state index is 13.1. The van der Waals surface area contributed by atoms with Gasteiger partial charge in [0.15, 0.2) is 11.4 Å². The highest BCUT2D eigenvalue weighted by Gasteiger charge is 2.79. The molecule has 1 heterocycles. The zero-order valence-corrected chi connectivity index (χ0v) is 17.0. The van der Waals surface area contributed by atoms with E-state index in [1.807, 2.05) is 0 Å². The van der Waals surface area contributed by atoms with Gasteiger partial charge in [-0.1, -0.05) is 25.5 Å². The van der Waals surface area contributed by atoms with Crippen LogP contribution in [0.4, 0.5) is 0 Å². The monoisotopic (exact) mass is 374 g/mol. The summed E-state index contributed by atoms with van der Waals surface area (Å²) in [5.41, 5.74) is 1.23. The fraction of sp³-hybridized carbons (Fsp3) is 0.870. The Bertz CT molecular complexity index is 686. The lowest BCUT2D eigenvalue weighted by molar-refractivity contribution is -0.138. The van der Waals surface area contributed by atoms with Crippen LogP contribution >= 0.6 is 0 Å². The van der Waals surface area contributed by atoms with E-state index < -0.39 is 5.60 Å². The fourth-order valence-electron chi connectivity index (χ4n) is 7.94. The Balaban J connectivity index is 1.44. The minimum absolute atomic E-state index is 0.0143. The third-order valence-corrected chi connectivity index (χ3v) is 9.46. The van der Waals surface area contributed by atoms with Gasteiger partial charge in [-0.25, -0.2) is 0 Å². The van der Waals surface area contributed by atoms with Crippen molar-refractivity contribution in [1.82, 2.24) is 0 Å². The summed E-state index contributed by atoms with van der Waals surface area (Å²) >= 11 is 0. The van der Waals surface area contributed by atoms with Crippen molar-refractivity contribution in [2.75, 3.05) is 13.7 Å². The molecule has 1 N–H and O–H groups in total. The van der Waals surface area contributed by atoms with Gasteiger partial charge in [0.2, 0.25) is 0 Å². The van der Waals surface area contributed by atoms with Crippen LogP contribution in [0.1, 0.15) is 65.2 Å². The molecule has 5 aliphatic rings. The average molecular weight is 375 g/mol. The van der Waals surface area contributed by atoms with Crippen LogP contribution in [0.3, 0.4) is 0 Å². The number of carbonyl (C=O) groups excluding carboxylic acids is 1. The van der Waals surface area contributed by atoms with Crippen LogP contribution in [0.2, 0.25) is 0 Å². The predicted octanol–water partition coefficient (Wildman–Crippen LogP) is 3.66. The SMILES string of the molecule is COCCC(=O)[C@@]12O[C@@H]1C[C@@H]1[C@@H]3CC=C4C[C@@H](O)CC[C@@]4(C)[C@H]3CC[C@]12C.